The highest BCUT2D eigenvalue weighted by atomic mass is 19.4. The van der Waals surface area contributed by atoms with Crippen LogP contribution in [0.1, 0.15) is 21.5 Å². The molecule has 1 aliphatic rings. The van der Waals surface area contributed by atoms with Gasteiger partial charge in [-0.2, -0.15) is 13.2 Å². The Hall–Kier alpha value is -3.03. The van der Waals surface area contributed by atoms with Crippen molar-refractivity contribution in [2.45, 2.75) is 12.6 Å². The van der Waals surface area contributed by atoms with Crippen LogP contribution in [-0.2, 0) is 17.4 Å². The Labute approximate surface area is 166 Å². The molecule has 0 N–H and O–H groups in total. The fraction of sp³-hybridized carbons (Fsp3) is 0.333. The topological polar surface area (TPSA) is 49.9 Å². The summed E-state index contributed by atoms with van der Waals surface area (Å²) in [6.45, 7) is 1.41. The first-order valence-electron chi connectivity index (χ1n) is 9.15. The number of ether oxygens (including phenoxy) is 1. The minimum Gasteiger partial charge on any atom is -0.497 e. The largest absolute Gasteiger partial charge is 0.497 e. The van der Waals surface area contributed by atoms with Crippen LogP contribution in [-0.4, -0.2) is 54.9 Å². The maximum atomic E-state index is 12.8. The molecule has 29 heavy (non-hydrogen) atoms. The van der Waals surface area contributed by atoms with Crippen molar-refractivity contribution in [3.8, 4) is 5.75 Å². The van der Waals surface area contributed by atoms with Gasteiger partial charge in [-0.1, -0.05) is 24.3 Å². The molecular weight excluding hydrogens is 385 g/mol. The number of methoxy groups -OCH3 is 1. The zero-order valence-corrected chi connectivity index (χ0v) is 15.9. The third-order valence-corrected chi connectivity index (χ3v) is 4.85. The van der Waals surface area contributed by atoms with Crippen LogP contribution < -0.4 is 4.74 Å². The van der Waals surface area contributed by atoms with E-state index in [2.05, 4.69) is 0 Å². The van der Waals surface area contributed by atoms with Crippen molar-refractivity contribution in [2.24, 2.45) is 0 Å². The maximum absolute atomic E-state index is 12.8. The highest BCUT2D eigenvalue weighted by Crippen LogP contribution is 2.29. The van der Waals surface area contributed by atoms with E-state index in [0.717, 1.165) is 12.1 Å². The lowest BCUT2D eigenvalue weighted by atomic mass is 10.1. The summed E-state index contributed by atoms with van der Waals surface area (Å²) in [5.74, 6) is 0.192. The van der Waals surface area contributed by atoms with Gasteiger partial charge in [0.1, 0.15) is 5.75 Å². The number of carbonyl (C=O) groups is 2. The van der Waals surface area contributed by atoms with Gasteiger partial charge in [-0.05, 0) is 29.8 Å². The normalized spacial score (nSPS) is 14.6. The Bertz CT molecular complexity index is 891. The van der Waals surface area contributed by atoms with Crippen molar-refractivity contribution in [1.29, 1.82) is 0 Å². The van der Waals surface area contributed by atoms with Gasteiger partial charge in [0.25, 0.3) is 5.91 Å². The molecule has 2 aromatic carbocycles. The lowest BCUT2D eigenvalue weighted by molar-refractivity contribution is -0.138. The van der Waals surface area contributed by atoms with Crippen LogP contribution in [0.4, 0.5) is 13.2 Å². The van der Waals surface area contributed by atoms with E-state index in [1.165, 1.54) is 19.2 Å². The molecular formula is C21H21F3N2O3. The molecule has 0 atom stereocenters. The highest BCUT2D eigenvalue weighted by molar-refractivity contribution is 5.94. The van der Waals surface area contributed by atoms with E-state index in [4.69, 9.17) is 4.74 Å². The first-order valence-corrected chi connectivity index (χ1v) is 9.15. The number of amides is 2. The zero-order valence-electron chi connectivity index (χ0n) is 15.9. The molecule has 1 saturated heterocycles. The van der Waals surface area contributed by atoms with Crippen molar-refractivity contribution in [3.63, 3.8) is 0 Å². The summed E-state index contributed by atoms with van der Waals surface area (Å²) >= 11 is 0. The molecule has 0 saturated carbocycles. The van der Waals surface area contributed by atoms with Crippen LogP contribution in [0.3, 0.4) is 0 Å². The van der Waals surface area contributed by atoms with Crippen LogP contribution in [0, 0.1) is 0 Å². The number of benzene rings is 2. The number of halogens is 3. The molecule has 0 unspecified atom stereocenters. The van der Waals surface area contributed by atoms with Crippen molar-refractivity contribution < 1.29 is 27.5 Å². The van der Waals surface area contributed by atoms with Crippen molar-refractivity contribution in [1.82, 2.24) is 9.80 Å². The zero-order chi connectivity index (χ0) is 21.0. The Morgan fingerprint density at radius 3 is 2.28 bits per heavy atom. The average Bonchev–Trinajstić information content (AvgIpc) is 2.73. The molecule has 0 aliphatic carbocycles. The van der Waals surface area contributed by atoms with E-state index in [9.17, 15) is 22.8 Å². The summed E-state index contributed by atoms with van der Waals surface area (Å²) in [4.78, 5) is 28.3. The van der Waals surface area contributed by atoms with Gasteiger partial charge in [0.2, 0.25) is 5.91 Å². The van der Waals surface area contributed by atoms with Gasteiger partial charge < -0.3 is 14.5 Å². The lowest BCUT2D eigenvalue weighted by Gasteiger charge is -2.35. The fourth-order valence-corrected chi connectivity index (χ4v) is 3.24. The second-order valence-corrected chi connectivity index (χ2v) is 6.78. The summed E-state index contributed by atoms with van der Waals surface area (Å²) < 4.78 is 43.6. The fourth-order valence-electron chi connectivity index (χ4n) is 3.24. The Morgan fingerprint density at radius 2 is 1.62 bits per heavy atom. The molecule has 0 bridgehead atoms. The molecule has 0 aromatic heterocycles. The van der Waals surface area contributed by atoms with Gasteiger partial charge in [0.15, 0.2) is 0 Å². The summed E-state index contributed by atoms with van der Waals surface area (Å²) in [6.07, 6.45) is -4.54. The van der Waals surface area contributed by atoms with E-state index < -0.39 is 11.7 Å². The van der Waals surface area contributed by atoms with Crippen LogP contribution in [0.5, 0.6) is 5.75 Å². The molecule has 154 valence electrons. The summed E-state index contributed by atoms with van der Waals surface area (Å²) in [6, 6.07) is 11.6. The lowest BCUT2D eigenvalue weighted by Crippen LogP contribution is -2.51. The van der Waals surface area contributed by atoms with Gasteiger partial charge in [0, 0.05) is 31.7 Å². The second kappa shape index (κ2) is 8.55. The Kier molecular flexibility index (Phi) is 6.10. The van der Waals surface area contributed by atoms with Crippen LogP contribution in [0.15, 0.2) is 48.5 Å². The number of rotatable bonds is 4. The Balaban J connectivity index is 1.57. The molecule has 8 heteroatoms. The molecule has 3 rings (SSSR count). The monoisotopic (exact) mass is 406 g/mol. The van der Waals surface area contributed by atoms with Crippen molar-refractivity contribution >= 4 is 11.8 Å². The number of nitrogens with zero attached hydrogens (tertiary/aromatic N) is 2. The molecule has 2 aromatic rings. The minimum atomic E-state index is -4.44. The molecule has 0 spiro atoms. The summed E-state index contributed by atoms with van der Waals surface area (Å²) in [7, 11) is 1.53. The standard InChI is InChI=1S/C21H21F3N2O3/c1-29-18-7-3-5-16(14-18)20(28)26-10-8-25(9-11-26)19(27)13-15-4-2-6-17(12-15)21(22,23)24/h2-7,12,14H,8-11,13H2,1H3. The highest BCUT2D eigenvalue weighted by Gasteiger charge is 2.31. The van der Waals surface area contributed by atoms with E-state index in [0.29, 0.717) is 43.1 Å². The Morgan fingerprint density at radius 1 is 0.966 bits per heavy atom. The van der Waals surface area contributed by atoms with Crippen LogP contribution in [0.25, 0.3) is 0 Å². The minimum absolute atomic E-state index is 0.103. The number of hydrogen-bond donors (Lipinski definition) is 0. The van der Waals surface area contributed by atoms with E-state index in [1.54, 1.807) is 34.1 Å². The molecule has 1 fully saturated rings. The predicted octanol–water partition coefficient (Wildman–Crippen LogP) is 3.24. The molecule has 0 radical (unpaired) electrons. The number of hydrogen-bond acceptors (Lipinski definition) is 3. The molecule has 1 aliphatic heterocycles. The number of alkyl halides is 3. The van der Waals surface area contributed by atoms with E-state index >= 15 is 0 Å². The van der Waals surface area contributed by atoms with Gasteiger partial charge in [-0.15, -0.1) is 0 Å². The average molecular weight is 406 g/mol. The van der Waals surface area contributed by atoms with Crippen molar-refractivity contribution in [3.05, 3.63) is 65.2 Å². The van der Waals surface area contributed by atoms with Gasteiger partial charge in [-0.3, -0.25) is 9.59 Å². The second-order valence-electron chi connectivity index (χ2n) is 6.78. The van der Waals surface area contributed by atoms with E-state index in [1.807, 2.05) is 0 Å². The quantitative estimate of drug-likeness (QED) is 0.783. The molecule has 2 amide bonds. The first kappa shape index (κ1) is 20.7. The predicted molar refractivity (Wildman–Crippen MR) is 101 cm³/mol. The first-order chi connectivity index (χ1) is 13.8. The van der Waals surface area contributed by atoms with Gasteiger partial charge >= 0.3 is 6.18 Å². The van der Waals surface area contributed by atoms with Gasteiger partial charge in [0.05, 0.1) is 19.1 Å². The molecule has 5 nitrogen and oxygen atoms in total. The van der Waals surface area contributed by atoms with Gasteiger partial charge in [-0.25, -0.2) is 0 Å². The van der Waals surface area contributed by atoms with Crippen LogP contribution >= 0.6 is 0 Å². The summed E-state index contributed by atoms with van der Waals surface area (Å²) in [5.41, 5.74) is 0.0595. The smallest absolute Gasteiger partial charge is 0.416 e. The third kappa shape index (κ3) is 5.07. The van der Waals surface area contributed by atoms with E-state index in [-0.39, 0.29) is 18.2 Å². The SMILES string of the molecule is COc1cccc(C(=O)N2CCN(C(=O)Cc3cccc(C(F)(F)F)c3)CC2)c1. The number of piperazine rings is 1. The summed E-state index contributed by atoms with van der Waals surface area (Å²) in [5, 5.41) is 0. The van der Waals surface area contributed by atoms with Crippen molar-refractivity contribution in [2.75, 3.05) is 33.3 Å². The maximum Gasteiger partial charge on any atom is 0.416 e. The molecule has 1 heterocycles. The third-order valence-electron chi connectivity index (χ3n) is 4.85. The number of carbonyl (C=O) groups excluding carboxylic acids is 2. The van der Waals surface area contributed by atoms with Crippen LogP contribution in [0.2, 0.25) is 0 Å².